The summed E-state index contributed by atoms with van der Waals surface area (Å²) in [6, 6.07) is 3.55. The Morgan fingerprint density at radius 3 is 2.45 bits per heavy atom. The van der Waals surface area contributed by atoms with E-state index in [1.807, 2.05) is 0 Å². The largest absolute Gasteiger partial charge is 0.480 e. The van der Waals surface area contributed by atoms with E-state index in [0.717, 1.165) is 4.31 Å². The fraction of sp³-hybridized carbons (Fsp3) is 0.417. The number of hydrogen-bond donors (Lipinski definition) is 1. The Kier molecular flexibility index (Phi) is 4.59. The van der Waals surface area contributed by atoms with Crippen LogP contribution in [0.25, 0.3) is 0 Å². The molecule has 5 nitrogen and oxygen atoms in total. The second-order valence-corrected chi connectivity index (χ2v) is 7.44. The van der Waals surface area contributed by atoms with Gasteiger partial charge in [-0.25, -0.2) is 8.42 Å². The van der Waals surface area contributed by atoms with Crippen molar-refractivity contribution in [3.8, 4) is 0 Å². The van der Waals surface area contributed by atoms with E-state index < -0.39 is 22.0 Å². The second-order valence-electron chi connectivity index (χ2n) is 4.64. The van der Waals surface area contributed by atoms with Crippen molar-refractivity contribution in [1.82, 2.24) is 4.31 Å². The molecule has 0 radical (unpaired) electrons. The van der Waals surface area contributed by atoms with Gasteiger partial charge in [-0.1, -0.05) is 23.2 Å². The highest BCUT2D eigenvalue weighted by atomic mass is 35.5. The van der Waals surface area contributed by atoms with Crippen molar-refractivity contribution < 1.29 is 18.3 Å². The molecule has 0 aromatic heterocycles. The molecule has 1 aromatic rings. The molecular weight excluding hydrogens is 325 g/mol. The normalized spacial score (nSPS) is 20.2. The summed E-state index contributed by atoms with van der Waals surface area (Å²) in [5, 5.41) is 9.75. The monoisotopic (exact) mass is 337 g/mol. The van der Waals surface area contributed by atoms with Gasteiger partial charge in [0.05, 0.1) is 5.75 Å². The van der Waals surface area contributed by atoms with E-state index in [1.54, 1.807) is 0 Å². The molecule has 1 atom stereocenters. The summed E-state index contributed by atoms with van der Waals surface area (Å²) < 4.78 is 25.7. The zero-order chi connectivity index (χ0) is 14.9. The maximum atomic E-state index is 12.3. The van der Waals surface area contributed by atoms with E-state index in [1.165, 1.54) is 18.2 Å². The lowest BCUT2D eigenvalue weighted by Crippen LogP contribution is -2.40. The van der Waals surface area contributed by atoms with E-state index in [4.69, 9.17) is 28.3 Å². The number of aliphatic carboxylic acids is 1. The van der Waals surface area contributed by atoms with Gasteiger partial charge in [0.1, 0.15) is 6.04 Å². The highest BCUT2D eigenvalue weighted by Crippen LogP contribution is 2.26. The minimum absolute atomic E-state index is 0.230. The fourth-order valence-corrected chi connectivity index (χ4v) is 4.62. The average molecular weight is 338 g/mol. The number of benzene rings is 1. The summed E-state index contributed by atoms with van der Waals surface area (Å²) in [5.74, 6) is -1.42. The van der Waals surface area contributed by atoms with Crippen LogP contribution < -0.4 is 0 Å². The van der Waals surface area contributed by atoms with Crippen LogP contribution in [0.15, 0.2) is 18.2 Å². The maximum Gasteiger partial charge on any atom is 0.322 e. The molecule has 1 heterocycles. The van der Waals surface area contributed by atoms with Crippen LogP contribution in [-0.4, -0.2) is 36.4 Å². The van der Waals surface area contributed by atoms with Crippen molar-refractivity contribution in [1.29, 1.82) is 0 Å². The number of rotatable bonds is 4. The molecule has 2 rings (SSSR count). The number of sulfonamides is 1. The van der Waals surface area contributed by atoms with Gasteiger partial charge in [-0.3, -0.25) is 4.79 Å². The van der Waals surface area contributed by atoms with Gasteiger partial charge < -0.3 is 5.11 Å². The van der Waals surface area contributed by atoms with Crippen LogP contribution >= 0.6 is 23.2 Å². The van der Waals surface area contributed by atoms with Gasteiger partial charge in [-0.05, 0) is 36.6 Å². The van der Waals surface area contributed by atoms with Crippen LogP contribution in [0, 0.1) is 0 Å². The van der Waals surface area contributed by atoms with Crippen LogP contribution in [0.3, 0.4) is 0 Å². The number of carbonyl (C=O) groups is 1. The predicted octanol–water partition coefficient (Wildman–Crippen LogP) is 2.37. The zero-order valence-corrected chi connectivity index (χ0v) is 12.7. The van der Waals surface area contributed by atoms with Crippen LogP contribution in [0.5, 0.6) is 0 Å². The first-order valence-corrected chi connectivity index (χ1v) is 8.33. The Morgan fingerprint density at radius 1 is 1.30 bits per heavy atom. The molecule has 0 aliphatic carbocycles. The fourth-order valence-electron chi connectivity index (χ4n) is 2.31. The maximum absolute atomic E-state index is 12.3. The molecule has 0 amide bonds. The predicted molar refractivity (Wildman–Crippen MR) is 76.4 cm³/mol. The van der Waals surface area contributed by atoms with Crippen molar-refractivity contribution in [2.45, 2.75) is 24.6 Å². The Balaban J connectivity index is 2.24. The number of carboxylic acids is 1. The smallest absolute Gasteiger partial charge is 0.322 e. The first-order valence-electron chi connectivity index (χ1n) is 5.97. The summed E-state index contributed by atoms with van der Waals surface area (Å²) >= 11 is 11.7. The SMILES string of the molecule is O=C(O)[C@@H]1CCCN1S(=O)(=O)Cc1cc(Cl)cc(Cl)c1. The number of halogens is 2. The summed E-state index contributed by atoms with van der Waals surface area (Å²) in [5.41, 5.74) is 0.443. The standard InChI is InChI=1S/C12H13Cl2NO4S/c13-9-4-8(5-10(14)6-9)7-20(18,19)15-3-1-2-11(15)12(16)17/h4-6,11H,1-3,7H2,(H,16,17)/t11-/m0/s1. The molecule has 1 N–H and O–H groups in total. The van der Waals surface area contributed by atoms with Crippen molar-refractivity contribution in [3.63, 3.8) is 0 Å². The van der Waals surface area contributed by atoms with Gasteiger partial charge in [-0.2, -0.15) is 4.31 Å². The number of carboxylic acid groups (broad SMARTS) is 1. The first-order chi connectivity index (χ1) is 9.29. The van der Waals surface area contributed by atoms with Gasteiger partial charge in [0.2, 0.25) is 10.0 Å². The topological polar surface area (TPSA) is 74.7 Å². The third kappa shape index (κ3) is 3.44. The Hall–Kier alpha value is -0.820. The quantitative estimate of drug-likeness (QED) is 0.915. The minimum Gasteiger partial charge on any atom is -0.480 e. The van der Waals surface area contributed by atoms with E-state index in [9.17, 15) is 13.2 Å². The van der Waals surface area contributed by atoms with Gasteiger partial charge in [0.15, 0.2) is 0 Å². The van der Waals surface area contributed by atoms with Crippen molar-refractivity contribution in [2.75, 3.05) is 6.54 Å². The number of nitrogens with zero attached hydrogens (tertiary/aromatic N) is 1. The van der Waals surface area contributed by atoms with Crippen LogP contribution in [0.1, 0.15) is 18.4 Å². The Morgan fingerprint density at radius 2 is 1.90 bits per heavy atom. The van der Waals surface area contributed by atoms with E-state index >= 15 is 0 Å². The molecule has 1 saturated heterocycles. The summed E-state index contributed by atoms with van der Waals surface area (Å²) in [6.45, 7) is 0.230. The van der Waals surface area contributed by atoms with E-state index in [0.29, 0.717) is 28.5 Å². The zero-order valence-electron chi connectivity index (χ0n) is 10.4. The van der Waals surface area contributed by atoms with Crippen LogP contribution in [0.2, 0.25) is 10.0 Å². The summed E-state index contributed by atoms with van der Waals surface area (Å²) in [6.07, 6.45) is 0.886. The highest BCUT2D eigenvalue weighted by Gasteiger charge is 2.38. The molecule has 0 unspecified atom stereocenters. The second kappa shape index (κ2) is 5.89. The van der Waals surface area contributed by atoms with Crippen LogP contribution in [0.4, 0.5) is 0 Å². The third-order valence-electron chi connectivity index (χ3n) is 3.12. The van der Waals surface area contributed by atoms with Gasteiger partial charge in [0.25, 0.3) is 0 Å². The number of hydrogen-bond acceptors (Lipinski definition) is 3. The highest BCUT2D eigenvalue weighted by molar-refractivity contribution is 7.88. The molecule has 8 heteroatoms. The average Bonchev–Trinajstić information content (AvgIpc) is 2.75. The lowest BCUT2D eigenvalue weighted by Gasteiger charge is -2.21. The molecular formula is C12H13Cl2NO4S. The summed E-state index contributed by atoms with van der Waals surface area (Å²) in [4.78, 5) is 11.1. The lowest BCUT2D eigenvalue weighted by atomic mass is 10.2. The summed E-state index contributed by atoms with van der Waals surface area (Å²) in [7, 11) is -3.71. The van der Waals surface area contributed by atoms with Crippen molar-refractivity contribution in [3.05, 3.63) is 33.8 Å². The Bertz CT molecular complexity index is 612. The molecule has 110 valence electrons. The molecule has 1 aliphatic rings. The first kappa shape index (κ1) is 15.6. The molecule has 0 bridgehead atoms. The molecule has 1 aromatic carbocycles. The van der Waals surface area contributed by atoms with Crippen LogP contribution in [-0.2, 0) is 20.6 Å². The lowest BCUT2D eigenvalue weighted by molar-refractivity contribution is -0.140. The van der Waals surface area contributed by atoms with Crippen molar-refractivity contribution in [2.24, 2.45) is 0 Å². The Labute approximate surface area is 127 Å². The van der Waals surface area contributed by atoms with Gasteiger partial charge in [0, 0.05) is 16.6 Å². The van der Waals surface area contributed by atoms with Gasteiger partial charge >= 0.3 is 5.97 Å². The van der Waals surface area contributed by atoms with Gasteiger partial charge in [-0.15, -0.1) is 0 Å². The van der Waals surface area contributed by atoms with E-state index in [2.05, 4.69) is 0 Å². The molecule has 20 heavy (non-hydrogen) atoms. The molecule has 0 saturated carbocycles. The van der Waals surface area contributed by atoms with Crippen molar-refractivity contribution >= 4 is 39.2 Å². The third-order valence-corrected chi connectivity index (χ3v) is 5.40. The molecule has 0 spiro atoms. The molecule has 1 fully saturated rings. The minimum atomic E-state index is -3.71. The van der Waals surface area contributed by atoms with E-state index in [-0.39, 0.29) is 12.3 Å². The molecule has 1 aliphatic heterocycles.